The van der Waals surface area contributed by atoms with Crippen LogP contribution in [-0.2, 0) is 9.53 Å². The van der Waals surface area contributed by atoms with E-state index in [2.05, 4.69) is 27.7 Å². The van der Waals surface area contributed by atoms with Crippen molar-refractivity contribution in [3.8, 4) is 16.9 Å². The lowest BCUT2D eigenvalue weighted by molar-refractivity contribution is -0.115. The lowest BCUT2D eigenvalue weighted by Gasteiger charge is -2.35. The molecule has 6 heteroatoms. The molecule has 2 N–H and O–H groups in total. The van der Waals surface area contributed by atoms with Crippen LogP contribution in [0.2, 0.25) is 0 Å². The van der Waals surface area contributed by atoms with E-state index >= 15 is 0 Å². The smallest absolute Gasteiger partial charge is 0.238 e. The fourth-order valence-corrected chi connectivity index (χ4v) is 4.15. The molecule has 0 aliphatic carbocycles. The highest BCUT2D eigenvalue weighted by atomic mass is 16.5. The van der Waals surface area contributed by atoms with Gasteiger partial charge in [0.25, 0.3) is 0 Å². The van der Waals surface area contributed by atoms with Crippen LogP contribution in [0.15, 0.2) is 78.9 Å². The van der Waals surface area contributed by atoms with E-state index < -0.39 is 0 Å². The van der Waals surface area contributed by atoms with E-state index in [9.17, 15) is 4.79 Å². The number of para-hydroxylation sites is 1. The van der Waals surface area contributed by atoms with Gasteiger partial charge in [-0.05, 0) is 29.3 Å². The van der Waals surface area contributed by atoms with Crippen LogP contribution >= 0.6 is 0 Å². The fourth-order valence-electron chi connectivity index (χ4n) is 4.15. The first-order valence-corrected chi connectivity index (χ1v) is 11.4. The number of benzene rings is 3. The quantitative estimate of drug-likeness (QED) is 0.522. The van der Waals surface area contributed by atoms with Crippen molar-refractivity contribution in [3.05, 3.63) is 84.4 Å². The lowest BCUT2D eigenvalue weighted by atomic mass is 10.0. The summed E-state index contributed by atoms with van der Waals surface area (Å²) in [5.41, 5.74) is 4.10. The minimum atomic E-state index is -0.0613. The number of rotatable bonds is 9. The number of ether oxygens (including phenoxy) is 2. The van der Waals surface area contributed by atoms with Crippen molar-refractivity contribution in [2.45, 2.75) is 6.04 Å². The monoisotopic (exact) mass is 445 g/mol. The SMILES string of the molecule is COc1ccc([C@H](CNCC(=O)Nc2ccccc2-c2ccccc2)N2CCOCC2)cc1. The van der Waals surface area contributed by atoms with Crippen LogP contribution in [0.1, 0.15) is 11.6 Å². The Bertz CT molecular complexity index is 1020. The summed E-state index contributed by atoms with van der Waals surface area (Å²) in [6, 6.07) is 26.3. The zero-order valence-corrected chi connectivity index (χ0v) is 19.0. The molecule has 0 spiro atoms. The standard InChI is InChI=1S/C27H31N3O3/c1-32-23-13-11-22(12-14-23)26(30-15-17-33-18-16-30)19-28-20-27(31)29-25-10-6-5-9-24(25)21-7-3-2-4-8-21/h2-14,26,28H,15-20H2,1H3,(H,29,31)/t26-/m0/s1. The fraction of sp³-hybridized carbons (Fsp3) is 0.296. The summed E-state index contributed by atoms with van der Waals surface area (Å²) >= 11 is 0. The highest BCUT2D eigenvalue weighted by Crippen LogP contribution is 2.27. The Morgan fingerprint density at radius 3 is 2.39 bits per heavy atom. The molecule has 3 aromatic carbocycles. The number of hydrogen-bond acceptors (Lipinski definition) is 5. The van der Waals surface area contributed by atoms with Gasteiger partial charge in [-0.2, -0.15) is 0 Å². The average Bonchev–Trinajstić information content (AvgIpc) is 2.88. The van der Waals surface area contributed by atoms with Gasteiger partial charge >= 0.3 is 0 Å². The second kappa shape index (κ2) is 11.6. The van der Waals surface area contributed by atoms with Crippen molar-refractivity contribution >= 4 is 11.6 Å². The Balaban J connectivity index is 1.38. The van der Waals surface area contributed by atoms with Crippen LogP contribution in [0.4, 0.5) is 5.69 Å². The molecule has 1 aliphatic heterocycles. The van der Waals surface area contributed by atoms with Gasteiger partial charge in [0.15, 0.2) is 0 Å². The molecule has 0 unspecified atom stereocenters. The molecule has 0 saturated carbocycles. The van der Waals surface area contributed by atoms with E-state index in [1.807, 2.05) is 66.7 Å². The van der Waals surface area contributed by atoms with Crippen LogP contribution in [0, 0.1) is 0 Å². The third-order valence-electron chi connectivity index (χ3n) is 5.90. The van der Waals surface area contributed by atoms with E-state index in [-0.39, 0.29) is 18.5 Å². The van der Waals surface area contributed by atoms with Gasteiger partial charge in [-0.25, -0.2) is 0 Å². The summed E-state index contributed by atoms with van der Waals surface area (Å²) in [6.07, 6.45) is 0. The van der Waals surface area contributed by atoms with Crippen molar-refractivity contribution < 1.29 is 14.3 Å². The van der Waals surface area contributed by atoms with Crippen molar-refractivity contribution in [2.75, 3.05) is 51.8 Å². The molecule has 0 radical (unpaired) electrons. The Labute approximate surface area is 195 Å². The van der Waals surface area contributed by atoms with Gasteiger partial charge in [0.2, 0.25) is 5.91 Å². The van der Waals surface area contributed by atoms with E-state index in [0.29, 0.717) is 6.54 Å². The molecule has 0 bridgehead atoms. The number of carbonyl (C=O) groups excluding carboxylic acids is 1. The molecule has 6 nitrogen and oxygen atoms in total. The van der Waals surface area contributed by atoms with Gasteiger partial charge in [-0.15, -0.1) is 0 Å². The molecule has 3 aromatic rings. The maximum atomic E-state index is 12.8. The van der Waals surface area contributed by atoms with Gasteiger partial charge < -0.3 is 20.1 Å². The zero-order chi connectivity index (χ0) is 22.9. The van der Waals surface area contributed by atoms with Crippen LogP contribution in [0.3, 0.4) is 0 Å². The molecule has 1 heterocycles. The maximum absolute atomic E-state index is 12.8. The second-order valence-electron chi connectivity index (χ2n) is 8.03. The van der Waals surface area contributed by atoms with Crippen molar-refractivity contribution in [1.29, 1.82) is 0 Å². The van der Waals surface area contributed by atoms with Crippen LogP contribution < -0.4 is 15.4 Å². The van der Waals surface area contributed by atoms with Crippen LogP contribution in [-0.4, -0.2) is 57.3 Å². The molecule has 0 aromatic heterocycles. The molecule has 1 saturated heterocycles. The number of carbonyl (C=O) groups is 1. The first-order valence-electron chi connectivity index (χ1n) is 11.4. The highest BCUT2D eigenvalue weighted by molar-refractivity contribution is 5.96. The Kier molecular flexibility index (Phi) is 8.09. The minimum Gasteiger partial charge on any atom is -0.497 e. The van der Waals surface area contributed by atoms with Gasteiger partial charge in [-0.1, -0.05) is 60.7 Å². The van der Waals surface area contributed by atoms with E-state index in [1.54, 1.807) is 7.11 Å². The summed E-state index contributed by atoms with van der Waals surface area (Å²) in [4.78, 5) is 15.2. The molecule has 172 valence electrons. The summed E-state index contributed by atoms with van der Waals surface area (Å²) in [5.74, 6) is 0.776. The van der Waals surface area contributed by atoms with E-state index in [0.717, 1.165) is 48.9 Å². The Morgan fingerprint density at radius 2 is 1.67 bits per heavy atom. The molecule has 33 heavy (non-hydrogen) atoms. The average molecular weight is 446 g/mol. The number of amides is 1. The number of anilines is 1. The van der Waals surface area contributed by atoms with Gasteiger partial charge in [0.05, 0.1) is 26.9 Å². The molecule has 1 aliphatic rings. The summed E-state index contributed by atoms with van der Waals surface area (Å²) in [5, 5.41) is 6.43. The van der Waals surface area contributed by atoms with Crippen molar-refractivity contribution in [1.82, 2.24) is 10.2 Å². The van der Waals surface area contributed by atoms with Gasteiger partial charge in [0, 0.05) is 36.9 Å². The number of nitrogens with zero attached hydrogens (tertiary/aromatic N) is 1. The summed E-state index contributed by atoms with van der Waals surface area (Å²) in [6.45, 7) is 4.09. The third kappa shape index (κ3) is 6.20. The number of morpholine rings is 1. The maximum Gasteiger partial charge on any atom is 0.238 e. The van der Waals surface area contributed by atoms with E-state index in [1.165, 1.54) is 5.56 Å². The predicted molar refractivity (Wildman–Crippen MR) is 132 cm³/mol. The Morgan fingerprint density at radius 1 is 0.970 bits per heavy atom. The number of hydrogen-bond donors (Lipinski definition) is 2. The lowest BCUT2D eigenvalue weighted by Crippen LogP contribution is -2.43. The third-order valence-corrected chi connectivity index (χ3v) is 5.90. The highest BCUT2D eigenvalue weighted by Gasteiger charge is 2.22. The number of methoxy groups -OCH3 is 1. The summed E-state index contributed by atoms with van der Waals surface area (Å²) < 4.78 is 10.8. The molecule has 1 atom stereocenters. The van der Waals surface area contributed by atoms with Crippen LogP contribution in [0.5, 0.6) is 5.75 Å². The van der Waals surface area contributed by atoms with Crippen LogP contribution in [0.25, 0.3) is 11.1 Å². The van der Waals surface area contributed by atoms with Crippen molar-refractivity contribution in [2.24, 2.45) is 0 Å². The molecular formula is C27H31N3O3. The molecular weight excluding hydrogens is 414 g/mol. The Hall–Kier alpha value is -3.19. The summed E-state index contributed by atoms with van der Waals surface area (Å²) in [7, 11) is 1.67. The van der Waals surface area contributed by atoms with Gasteiger partial charge in [0.1, 0.15) is 5.75 Å². The molecule has 1 fully saturated rings. The zero-order valence-electron chi connectivity index (χ0n) is 19.0. The normalized spacial score (nSPS) is 15.1. The second-order valence-corrected chi connectivity index (χ2v) is 8.03. The first kappa shape index (κ1) is 23.0. The van der Waals surface area contributed by atoms with Crippen molar-refractivity contribution in [3.63, 3.8) is 0 Å². The predicted octanol–water partition coefficient (Wildman–Crippen LogP) is 3.96. The first-order chi connectivity index (χ1) is 16.2. The number of nitrogens with one attached hydrogen (secondary N) is 2. The largest absolute Gasteiger partial charge is 0.497 e. The van der Waals surface area contributed by atoms with Gasteiger partial charge in [-0.3, -0.25) is 9.69 Å². The topological polar surface area (TPSA) is 62.8 Å². The molecule has 4 rings (SSSR count). The molecule has 1 amide bonds. The minimum absolute atomic E-state index is 0.0613. The van der Waals surface area contributed by atoms with E-state index in [4.69, 9.17) is 9.47 Å².